The van der Waals surface area contributed by atoms with E-state index in [-0.39, 0.29) is 19.9 Å². The molecule has 7 rings (SSSR count). The third-order valence-electron chi connectivity index (χ3n) is 8.03. The van der Waals surface area contributed by atoms with Gasteiger partial charge < -0.3 is 33.8 Å². The number of ether oxygens (including phenoxy) is 2. The number of nitrogens with one attached hydrogen (secondary N) is 2. The van der Waals surface area contributed by atoms with Gasteiger partial charge in [0.15, 0.2) is 22.7 Å². The maximum atomic E-state index is 12.7. The van der Waals surface area contributed by atoms with Crippen LogP contribution in [0.2, 0.25) is 0 Å². The molecule has 0 atom stereocenters. The second kappa shape index (κ2) is 14.2. The summed E-state index contributed by atoms with van der Waals surface area (Å²) in [5.41, 5.74) is 1.94. The van der Waals surface area contributed by atoms with Crippen molar-refractivity contribution in [1.29, 1.82) is 0 Å². The van der Waals surface area contributed by atoms with Gasteiger partial charge in [-0.05, 0) is 60.5 Å². The Balaban J connectivity index is 0.000000230. The highest BCUT2D eigenvalue weighted by atomic mass is 16.5. The van der Waals surface area contributed by atoms with Crippen LogP contribution in [0.5, 0.6) is 11.5 Å². The fraction of sp³-hybridized carbons (Fsp3) is 0.132. The van der Waals surface area contributed by atoms with Crippen molar-refractivity contribution >= 4 is 56.7 Å². The standard InChI is InChI=1S/C21H18N2O5.C17H13NO4.2H2/c1-12(24)23-9-8-13-6-7-15(11-17(13)23)22-20(25)16-10-14-4-3-5-18(27-2)19(14)28-21(16)26;1-21-14-9-5-6-11-10-13(17(20)22-15(11)14)16(19)18-12-7-3-2-4-8-12;;/h3-7,10-11H,8-9H2,1-2H3,(H,22,25);2-10H,1H3,(H,18,19);2*1H. The summed E-state index contributed by atoms with van der Waals surface area (Å²) >= 11 is 0. The molecule has 1 aliphatic heterocycles. The number of carbonyl (C=O) groups excluding carboxylic acids is 3. The Morgan fingerprint density at radius 2 is 1.22 bits per heavy atom. The van der Waals surface area contributed by atoms with Gasteiger partial charge in [0.25, 0.3) is 11.8 Å². The summed E-state index contributed by atoms with van der Waals surface area (Å²) in [7, 11) is 2.97. The molecule has 2 N–H and O–H groups in total. The molecule has 2 aromatic heterocycles. The predicted octanol–water partition coefficient (Wildman–Crippen LogP) is 6.51. The molecule has 0 unspecified atom stereocenters. The monoisotopic (exact) mass is 677 g/mol. The summed E-state index contributed by atoms with van der Waals surface area (Å²) in [5.74, 6) is -0.268. The Bertz CT molecular complexity index is 2390. The highest BCUT2D eigenvalue weighted by Crippen LogP contribution is 2.31. The van der Waals surface area contributed by atoms with Crippen LogP contribution in [0.1, 0.15) is 36.1 Å². The SMILES string of the molecule is COc1cccc2cc(C(=O)Nc3ccc4c(c3)N(C(C)=O)CC4)c(=O)oc12.COc1cccc2cc(C(=O)Nc3ccccc3)c(=O)oc12.[HH].[HH]. The second-order valence-electron chi connectivity index (χ2n) is 11.2. The molecule has 1 aliphatic rings. The second-order valence-corrected chi connectivity index (χ2v) is 11.2. The Morgan fingerprint density at radius 3 is 1.74 bits per heavy atom. The van der Waals surface area contributed by atoms with Crippen LogP contribution in [0.25, 0.3) is 21.9 Å². The molecule has 0 saturated heterocycles. The molecule has 0 spiro atoms. The minimum Gasteiger partial charge on any atom is -0.493 e. The van der Waals surface area contributed by atoms with Crippen LogP contribution in [-0.4, -0.2) is 38.5 Å². The van der Waals surface area contributed by atoms with Crippen LogP contribution in [0.4, 0.5) is 17.1 Å². The van der Waals surface area contributed by atoms with Gasteiger partial charge in [-0.2, -0.15) is 0 Å². The first kappa shape index (κ1) is 33.2. The van der Waals surface area contributed by atoms with Crippen molar-refractivity contribution in [2.24, 2.45) is 0 Å². The van der Waals surface area contributed by atoms with E-state index in [0.29, 0.717) is 51.4 Å². The Kier molecular flexibility index (Phi) is 9.43. The number of rotatable bonds is 6. The van der Waals surface area contributed by atoms with E-state index in [1.165, 1.54) is 33.3 Å². The predicted molar refractivity (Wildman–Crippen MR) is 193 cm³/mol. The van der Waals surface area contributed by atoms with Gasteiger partial charge in [0.05, 0.1) is 14.2 Å². The lowest BCUT2D eigenvalue weighted by atomic mass is 10.1. The van der Waals surface area contributed by atoms with Crippen LogP contribution in [0.15, 0.2) is 115 Å². The molecule has 3 amide bonds. The van der Waals surface area contributed by atoms with Gasteiger partial charge in [-0.3, -0.25) is 14.4 Å². The van der Waals surface area contributed by atoms with E-state index >= 15 is 0 Å². The number of anilines is 3. The molecule has 12 heteroatoms. The minimum atomic E-state index is -0.749. The van der Waals surface area contributed by atoms with Crippen molar-refractivity contribution in [2.75, 3.05) is 36.3 Å². The first-order chi connectivity index (χ1) is 24.2. The normalized spacial score (nSPS) is 11.7. The van der Waals surface area contributed by atoms with Gasteiger partial charge in [0.2, 0.25) is 5.91 Å². The van der Waals surface area contributed by atoms with E-state index in [4.69, 9.17) is 18.3 Å². The average Bonchev–Trinajstić information content (AvgIpc) is 3.55. The Labute approximate surface area is 287 Å². The van der Waals surface area contributed by atoms with Crippen molar-refractivity contribution in [3.63, 3.8) is 0 Å². The minimum absolute atomic E-state index is 0. The van der Waals surface area contributed by atoms with Crippen LogP contribution >= 0.6 is 0 Å². The number of hydrogen-bond donors (Lipinski definition) is 2. The summed E-state index contributed by atoms with van der Waals surface area (Å²) in [4.78, 5) is 62.7. The maximum Gasteiger partial charge on any atom is 0.349 e. The summed E-state index contributed by atoms with van der Waals surface area (Å²) in [6, 6.07) is 27.6. The number of para-hydroxylation sites is 3. The lowest BCUT2D eigenvalue weighted by Gasteiger charge is -2.15. The van der Waals surface area contributed by atoms with E-state index in [0.717, 1.165) is 17.7 Å². The number of amides is 3. The summed E-state index contributed by atoms with van der Waals surface area (Å²) in [6.07, 6.45) is 0.777. The third-order valence-corrected chi connectivity index (χ3v) is 8.03. The number of carbonyl (C=O) groups is 3. The smallest absolute Gasteiger partial charge is 0.349 e. The van der Waals surface area contributed by atoms with Gasteiger partial charge in [-0.1, -0.05) is 48.5 Å². The molecule has 3 heterocycles. The van der Waals surface area contributed by atoms with Gasteiger partial charge in [0, 0.05) is 44.2 Å². The van der Waals surface area contributed by atoms with Crippen LogP contribution < -0.4 is 36.3 Å². The zero-order valence-corrected chi connectivity index (χ0v) is 27.3. The number of methoxy groups -OCH3 is 2. The zero-order valence-electron chi connectivity index (χ0n) is 27.3. The number of benzene rings is 4. The van der Waals surface area contributed by atoms with Crippen LogP contribution in [0.3, 0.4) is 0 Å². The van der Waals surface area contributed by atoms with Crippen LogP contribution in [0, 0.1) is 0 Å². The molecule has 0 fully saturated rings. The van der Waals surface area contributed by atoms with E-state index in [1.807, 2.05) is 12.1 Å². The van der Waals surface area contributed by atoms with Gasteiger partial charge in [-0.25, -0.2) is 9.59 Å². The first-order valence-corrected chi connectivity index (χ1v) is 15.5. The maximum absolute atomic E-state index is 12.7. The van der Waals surface area contributed by atoms with Gasteiger partial charge in [-0.15, -0.1) is 0 Å². The third kappa shape index (κ3) is 6.81. The van der Waals surface area contributed by atoms with Crippen molar-refractivity contribution in [3.05, 3.63) is 135 Å². The Morgan fingerprint density at radius 1 is 0.680 bits per heavy atom. The molecule has 4 aromatic carbocycles. The topological polar surface area (TPSA) is 157 Å². The molecule has 0 saturated carbocycles. The number of fused-ring (bicyclic) bond motifs is 3. The number of hydrogen-bond acceptors (Lipinski definition) is 9. The molecule has 50 heavy (non-hydrogen) atoms. The Hall–Kier alpha value is -6.69. The van der Waals surface area contributed by atoms with Gasteiger partial charge >= 0.3 is 11.3 Å². The highest BCUT2D eigenvalue weighted by molar-refractivity contribution is 6.07. The zero-order chi connectivity index (χ0) is 35.4. The fourth-order valence-electron chi connectivity index (χ4n) is 5.58. The lowest BCUT2D eigenvalue weighted by Crippen LogP contribution is -2.26. The van der Waals surface area contributed by atoms with Crippen LogP contribution in [-0.2, 0) is 11.2 Å². The largest absolute Gasteiger partial charge is 0.493 e. The highest BCUT2D eigenvalue weighted by Gasteiger charge is 2.23. The molecule has 0 aliphatic carbocycles. The van der Waals surface area contributed by atoms with Crippen molar-refractivity contribution in [3.8, 4) is 11.5 Å². The molecular weight excluding hydrogens is 642 g/mol. The molecule has 256 valence electrons. The quantitative estimate of drug-likeness (QED) is 0.188. The fourth-order valence-corrected chi connectivity index (χ4v) is 5.58. The van der Waals surface area contributed by atoms with E-state index in [2.05, 4.69) is 10.6 Å². The molecule has 6 aromatic rings. The van der Waals surface area contributed by atoms with E-state index < -0.39 is 23.1 Å². The summed E-state index contributed by atoms with van der Waals surface area (Å²) in [6.45, 7) is 2.13. The van der Waals surface area contributed by atoms with Crippen molar-refractivity contribution in [2.45, 2.75) is 13.3 Å². The van der Waals surface area contributed by atoms with Gasteiger partial charge in [0.1, 0.15) is 11.1 Å². The van der Waals surface area contributed by atoms with E-state index in [9.17, 15) is 24.0 Å². The van der Waals surface area contributed by atoms with Crippen molar-refractivity contribution in [1.82, 2.24) is 0 Å². The molecule has 0 bridgehead atoms. The molecular formula is C38H35N3O9. The lowest BCUT2D eigenvalue weighted by molar-refractivity contribution is -0.116. The molecule has 0 radical (unpaired) electrons. The molecule has 12 nitrogen and oxygen atoms in total. The number of nitrogens with zero attached hydrogens (tertiary/aromatic N) is 1. The first-order valence-electron chi connectivity index (χ1n) is 15.5. The summed E-state index contributed by atoms with van der Waals surface area (Å²) in [5, 5.41) is 6.58. The van der Waals surface area contributed by atoms with E-state index in [1.54, 1.807) is 77.7 Å². The average molecular weight is 678 g/mol. The summed E-state index contributed by atoms with van der Waals surface area (Å²) < 4.78 is 20.9. The van der Waals surface area contributed by atoms with Crippen molar-refractivity contribution < 1.29 is 35.5 Å².